The molecule has 0 aliphatic rings. The summed E-state index contributed by atoms with van der Waals surface area (Å²) in [5, 5.41) is 0. The standard InChI is InChI=1S/C13H16N2.C2H6/c1-4-11(13(14)15-3)9-12-8-6-5-7-10(12)2;1-2/h4-9H,1H2,2-3H3,(H2,14,15);1-2H3/b11-9+;. The number of amidine groups is 1. The van der Waals surface area contributed by atoms with Crippen LogP contribution in [0, 0.1) is 6.92 Å². The fourth-order valence-electron chi connectivity index (χ4n) is 1.28. The lowest BCUT2D eigenvalue weighted by Gasteiger charge is -2.03. The van der Waals surface area contributed by atoms with E-state index in [4.69, 9.17) is 5.73 Å². The first-order chi connectivity index (χ1) is 8.19. The van der Waals surface area contributed by atoms with Crippen LogP contribution in [0.1, 0.15) is 25.0 Å². The summed E-state index contributed by atoms with van der Waals surface area (Å²) in [7, 11) is 1.67. The topological polar surface area (TPSA) is 38.4 Å². The van der Waals surface area contributed by atoms with E-state index in [1.165, 1.54) is 5.56 Å². The molecule has 1 aromatic carbocycles. The number of nitrogens with two attached hydrogens (primary N) is 1. The molecule has 17 heavy (non-hydrogen) atoms. The van der Waals surface area contributed by atoms with Gasteiger partial charge in [0, 0.05) is 12.6 Å². The minimum absolute atomic E-state index is 0.508. The summed E-state index contributed by atoms with van der Waals surface area (Å²) in [6.07, 6.45) is 3.71. The molecule has 0 amide bonds. The van der Waals surface area contributed by atoms with Gasteiger partial charge in [-0.3, -0.25) is 4.99 Å². The van der Waals surface area contributed by atoms with Gasteiger partial charge in [0.2, 0.25) is 0 Å². The molecule has 0 fully saturated rings. The van der Waals surface area contributed by atoms with E-state index in [0.717, 1.165) is 11.1 Å². The van der Waals surface area contributed by atoms with Crippen molar-refractivity contribution >= 4 is 11.9 Å². The maximum Gasteiger partial charge on any atom is 0.125 e. The van der Waals surface area contributed by atoms with Crippen molar-refractivity contribution in [2.75, 3.05) is 7.05 Å². The normalized spacial score (nSPS) is 11.5. The smallest absolute Gasteiger partial charge is 0.125 e. The minimum atomic E-state index is 0.508. The number of nitrogens with zero attached hydrogens (tertiary/aromatic N) is 1. The molecule has 0 heterocycles. The van der Waals surface area contributed by atoms with E-state index >= 15 is 0 Å². The lowest BCUT2D eigenvalue weighted by molar-refractivity contribution is 1.39. The Bertz CT molecular complexity index is 415. The molecule has 0 unspecified atom stereocenters. The lowest BCUT2D eigenvalue weighted by Crippen LogP contribution is -2.13. The van der Waals surface area contributed by atoms with Crippen molar-refractivity contribution in [3.8, 4) is 0 Å². The Morgan fingerprint density at radius 2 is 1.88 bits per heavy atom. The van der Waals surface area contributed by atoms with E-state index < -0.39 is 0 Å². The highest BCUT2D eigenvalue weighted by Crippen LogP contribution is 2.12. The fraction of sp³-hybridized carbons (Fsp3) is 0.267. The summed E-state index contributed by atoms with van der Waals surface area (Å²) < 4.78 is 0. The summed E-state index contributed by atoms with van der Waals surface area (Å²) in [6, 6.07) is 8.12. The Hall–Kier alpha value is -1.83. The molecule has 0 bridgehead atoms. The molecule has 0 aromatic heterocycles. The summed E-state index contributed by atoms with van der Waals surface area (Å²) >= 11 is 0. The van der Waals surface area contributed by atoms with Crippen molar-refractivity contribution in [3.63, 3.8) is 0 Å². The van der Waals surface area contributed by atoms with Crippen molar-refractivity contribution in [2.24, 2.45) is 10.7 Å². The quantitative estimate of drug-likeness (QED) is 0.481. The molecule has 0 aliphatic heterocycles. The molecule has 1 rings (SSSR count). The molecule has 0 atom stereocenters. The van der Waals surface area contributed by atoms with Gasteiger partial charge in [-0.15, -0.1) is 0 Å². The van der Waals surface area contributed by atoms with Gasteiger partial charge in [0.1, 0.15) is 5.84 Å². The van der Waals surface area contributed by atoms with Crippen LogP contribution >= 0.6 is 0 Å². The highest BCUT2D eigenvalue weighted by atomic mass is 14.8. The van der Waals surface area contributed by atoms with Gasteiger partial charge >= 0.3 is 0 Å². The average molecular weight is 230 g/mol. The summed E-state index contributed by atoms with van der Waals surface area (Å²) in [5.41, 5.74) is 8.94. The monoisotopic (exact) mass is 230 g/mol. The number of hydrogen-bond acceptors (Lipinski definition) is 1. The van der Waals surface area contributed by atoms with Gasteiger partial charge in [0.05, 0.1) is 0 Å². The number of hydrogen-bond donors (Lipinski definition) is 1. The van der Waals surface area contributed by atoms with Gasteiger partial charge in [0.15, 0.2) is 0 Å². The zero-order valence-electron chi connectivity index (χ0n) is 11.2. The second-order valence-electron chi connectivity index (χ2n) is 3.27. The maximum absolute atomic E-state index is 5.74. The largest absolute Gasteiger partial charge is 0.384 e. The van der Waals surface area contributed by atoms with Crippen molar-refractivity contribution < 1.29 is 0 Å². The molecule has 0 saturated heterocycles. The zero-order chi connectivity index (χ0) is 13.3. The highest BCUT2D eigenvalue weighted by molar-refractivity contribution is 6.03. The minimum Gasteiger partial charge on any atom is -0.384 e. The number of aliphatic imine (C=N–C) groups is 1. The Morgan fingerprint density at radius 3 is 2.35 bits per heavy atom. The molecule has 2 nitrogen and oxygen atoms in total. The second-order valence-corrected chi connectivity index (χ2v) is 3.27. The Balaban J connectivity index is 0.00000121. The van der Waals surface area contributed by atoms with E-state index in [-0.39, 0.29) is 0 Å². The van der Waals surface area contributed by atoms with Crippen LogP contribution in [0.4, 0.5) is 0 Å². The van der Waals surface area contributed by atoms with Crippen LogP contribution in [-0.4, -0.2) is 12.9 Å². The lowest BCUT2D eigenvalue weighted by atomic mass is 10.1. The van der Waals surface area contributed by atoms with E-state index in [0.29, 0.717) is 5.84 Å². The summed E-state index contributed by atoms with van der Waals surface area (Å²) in [5.74, 6) is 0.508. The average Bonchev–Trinajstić information content (AvgIpc) is 2.39. The number of rotatable bonds is 3. The van der Waals surface area contributed by atoms with Gasteiger partial charge in [-0.25, -0.2) is 0 Å². The van der Waals surface area contributed by atoms with Crippen molar-refractivity contribution in [1.82, 2.24) is 0 Å². The van der Waals surface area contributed by atoms with Crippen molar-refractivity contribution in [2.45, 2.75) is 20.8 Å². The van der Waals surface area contributed by atoms with Crippen molar-refractivity contribution in [1.29, 1.82) is 0 Å². The third kappa shape index (κ3) is 4.68. The van der Waals surface area contributed by atoms with E-state index in [2.05, 4.69) is 24.6 Å². The van der Waals surface area contributed by atoms with Crippen LogP contribution in [0.15, 0.2) is 47.5 Å². The first-order valence-electron chi connectivity index (χ1n) is 5.81. The molecule has 2 N–H and O–H groups in total. The second kappa shape index (κ2) is 8.34. The number of benzene rings is 1. The maximum atomic E-state index is 5.74. The molecule has 0 radical (unpaired) electrons. The van der Waals surface area contributed by atoms with Crippen molar-refractivity contribution in [3.05, 3.63) is 53.6 Å². The Kier molecular flexibility index (Phi) is 7.44. The third-order valence-corrected chi connectivity index (χ3v) is 2.26. The SMILES string of the molecule is C=C/C(=C\c1ccccc1C)C(N)=NC.CC. The van der Waals surface area contributed by atoms with E-state index in [9.17, 15) is 0 Å². The molecular formula is C15H22N2. The van der Waals surface area contributed by atoms with Crippen LogP contribution in [0.5, 0.6) is 0 Å². The molecule has 0 spiro atoms. The van der Waals surface area contributed by atoms with Crippen LogP contribution < -0.4 is 5.73 Å². The van der Waals surface area contributed by atoms with Crippen LogP contribution in [0.25, 0.3) is 6.08 Å². The highest BCUT2D eigenvalue weighted by Gasteiger charge is 1.99. The van der Waals surface area contributed by atoms with Crippen LogP contribution in [0.2, 0.25) is 0 Å². The molecule has 2 heteroatoms. The predicted molar refractivity (Wildman–Crippen MR) is 78.2 cm³/mol. The van der Waals surface area contributed by atoms with Gasteiger partial charge in [0.25, 0.3) is 0 Å². The molecule has 92 valence electrons. The Labute approximate surface area is 105 Å². The summed E-state index contributed by atoms with van der Waals surface area (Å²) in [6.45, 7) is 9.79. The third-order valence-electron chi connectivity index (χ3n) is 2.26. The molecule has 0 aliphatic carbocycles. The summed E-state index contributed by atoms with van der Waals surface area (Å²) in [4.78, 5) is 3.94. The zero-order valence-corrected chi connectivity index (χ0v) is 11.2. The van der Waals surface area contributed by atoms with Gasteiger partial charge < -0.3 is 5.73 Å². The van der Waals surface area contributed by atoms with E-state index in [1.54, 1.807) is 13.1 Å². The molecule has 0 saturated carbocycles. The van der Waals surface area contributed by atoms with Gasteiger partial charge in [-0.2, -0.15) is 0 Å². The Morgan fingerprint density at radius 1 is 1.29 bits per heavy atom. The number of aryl methyl sites for hydroxylation is 1. The fourth-order valence-corrected chi connectivity index (χ4v) is 1.28. The van der Waals surface area contributed by atoms with E-state index in [1.807, 2.05) is 38.1 Å². The van der Waals surface area contributed by atoms with Gasteiger partial charge in [-0.1, -0.05) is 50.8 Å². The first kappa shape index (κ1) is 15.2. The molecule has 1 aromatic rings. The van der Waals surface area contributed by atoms with Crippen LogP contribution in [-0.2, 0) is 0 Å². The van der Waals surface area contributed by atoms with Gasteiger partial charge in [-0.05, 0) is 24.1 Å². The van der Waals surface area contributed by atoms with Crippen LogP contribution in [0.3, 0.4) is 0 Å². The predicted octanol–water partition coefficient (Wildman–Crippen LogP) is 3.58. The first-order valence-corrected chi connectivity index (χ1v) is 5.81. The molecular weight excluding hydrogens is 208 g/mol.